The maximum atomic E-state index is 13.1. The second kappa shape index (κ2) is 11.7. The Bertz CT molecular complexity index is 1370. The second-order valence-corrected chi connectivity index (χ2v) is 9.42. The topological polar surface area (TPSA) is 140 Å². The Hall–Kier alpha value is -4.50. The third-order valence-electron chi connectivity index (χ3n) is 6.67. The van der Waals surface area contributed by atoms with Gasteiger partial charge >= 0.3 is 5.97 Å². The van der Waals surface area contributed by atoms with Crippen LogP contribution in [-0.2, 0) is 6.42 Å². The lowest BCUT2D eigenvalue weighted by molar-refractivity contribution is 0.0696. The highest BCUT2D eigenvalue weighted by molar-refractivity contribution is 6.07. The summed E-state index contributed by atoms with van der Waals surface area (Å²) in [7, 11) is 2.11. The van der Waals surface area contributed by atoms with Crippen molar-refractivity contribution in [2.45, 2.75) is 12.8 Å². The number of likely N-dealkylation sites (N-methyl/N-ethyl adjacent to an activating group) is 1. The molecule has 0 bridgehead atoms. The molecule has 5 N–H and O–H groups in total. The fourth-order valence-corrected chi connectivity index (χ4v) is 4.44. The van der Waals surface area contributed by atoms with E-state index in [4.69, 9.17) is 11.1 Å². The van der Waals surface area contributed by atoms with Gasteiger partial charge in [0.2, 0.25) is 0 Å². The molecule has 1 saturated heterocycles. The Labute approximate surface area is 221 Å². The van der Waals surface area contributed by atoms with Gasteiger partial charge in [-0.15, -0.1) is 0 Å². The Balaban J connectivity index is 1.53. The Morgan fingerprint density at radius 3 is 2.32 bits per heavy atom. The van der Waals surface area contributed by atoms with E-state index in [9.17, 15) is 19.5 Å². The van der Waals surface area contributed by atoms with Crippen LogP contribution >= 0.6 is 0 Å². The Morgan fingerprint density at radius 2 is 1.61 bits per heavy atom. The fraction of sp³-hybridized carbons (Fsp3) is 0.241. The molecule has 0 atom stereocenters. The van der Waals surface area contributed by atoms with E-state index in [1.807, 2.05) is 12.1 Å². The fourth-order valence-electron chi connectivity index (χ4n) is 4.44. The monoisotopic (exact) mass is 513 g/mol. The number of nitrogen functional groups attached to an aromatic ring is 1. The van der Waals surface area contributed by atoms with Crippen molar-refractivity contribution in [1.29, 1.82) is 5.41 Å². The van der Waals surface area contributed by atoms with Crippen molar-refractivity contribution in [3.63, 3.8) is 0 Å². The van der Waals surface area contributed by atoms with Crippen molar-refractivity contribution in [3.05, 3.63) is 94.5 Å². The maximum absolute atomic E-state index is 13.1. The van der Waals surface area contributed by atoms with Crippen molar-refractivity contribution < 1.29 is 19.5 Å². The molecule has 9 nitrogen and oxygen atoms in total. The van der Waals surface area contributed by atoms with Gasteiger partial charge in [0.25, 0.3) is 5.91 Å². The van der Waals surface area contributed by atoms with E-state index < -0.39 is 11.9 Å². The highest BCUT2D eigenvalue weighted by Crippen LogP contribution is 2.23. The number of benzene rings is 3. The standard InChI is InChI=1S/C29H31N5O4/c1-33-12-3-13-34(15-14-33)24-10-8-19(9-11-24)28(36)32-25-17-23(29(37)38)7-6-20(25)18-26(35)21-4-2-5-22(16-21)27(30)31/h2,4-11,16-17H,3,12-15,18H2,1H3,(H3,30,31)(H,32,36)(H,37,38). The summed E-state index contributed by atoms with van der Waals surface area (Å²) in [6.07, 6.45) is 0.998. The molecule has 196 valence electrons. The molecule has 0 saturated carbocycles. The van der Waals surface area contributed by atoms with Gasteiger partial charge in [-0.05, 0) is 68.0 Å². The Kier molecular flexibility index (Phi) is 8.18. The number of nitrogens with zero attached hydrogens (tertiary/aromatic N) is 2. The number of carbonyl (C=O) groups excluding carboxylic acids is 2. The van der Waals surface area contributed by atoms with Crippen LogP contribution in [0.2, 0.25) is 0 Å². The summed E-state index contributed by atoms with van der Waals surface area (Å²) in [6, 6.07) is 18.1. The number of hydrogen-bond donors (Lipinski definition) is 4. The highest BCUT2D eigenvalue weighted by atomic mass is 16.4. The number of nitrogens with two attached hydrogens (primary N) is 1. The number of Topliss-reactive ketones (excluding diaryl/α,β-unsaturated/α-hetero) is 1. The van der Waals surface area contributed by atoms with Crippen LogP contribution in [0, 0.1) is 5.41 Å². The zero-order valence-corrected chi connectivity index (χ0v) is 21.2. The van der Waals surface area contributed by atoms with E-state index in [1.54, 1.807) is 36.4 Å². The molecule has 0 radical (unpaired) electrons. The molecule has 1 aliphatic rings. The van der Waals surface area contributed by atoms with Crippen LogP contribution < -0.4 is 16.0 Å². The molecule has 1 heterocycles. The Morgan fingerprint density at radius 1 is 0.895 bits per heavy atom. The second-order valence-electron chi connectivity index (χ2n) is 9.42. The molecule has 0 aromatic heterocycles. The largest absolute Gasteiger partial charge is 0.478 e. The van der Waals surface area contributed by atoms with E-state index >= 15 is 0 Å². The zero-order valence-electron chi connectivity index (χ0n) is 21.2. The van der Waals surface area contributed by atoms with Crippen LogP contribution in [0.3, 0.4) is 0 Å². The number of nitrogens with one attached hydrogen (secondary N) is 2. The van der Waals surface area contributed by atoms with Gasteiger partial charge in [-0.2, -0.15) is 0 Å². The normalized spacial score (nSPS) is 14.0. The van der Waals surface area contributed by atoms with Crippen LogP contribution in [0.15, 0.2) is 66.7 Å². The van der Waals surface area contributed by atoms with Crippen molar-refractivity contribution in [2.75, 3.05) is 43.4 Å². The van der Waals surface area contributed by atoms with Gasteiger partial charge in [0.15, 0.2) is 5.78 Å². The van der Waals surface area contributed by atoms with Crippen molar-refractivity contribution >= 4 is 34.9 Å². The van der Waals surface area contributed by atoms with Gasteiger partial charge in [-0.25, -0.2) is 4.79 Å². The molecule has 38 heavy (non-hydrogen) atoms. The molecular formula is C29H31N5O4. The number of rotatable bonds is 8. The van der Waals surface area contributed by atoms with Gasteiger partial charge < -0.3 is 26.0 Å². The number of carboxylic acid groups (broad SMARTS) is 1. The van der Waals surface area contributed by atoms with Gasteiger partial charge in [0.1, 0.15) is 5.84 Å². The molecule has 3 aromatic rings. The van der Waals surface area contributed by atoms with Crippen LogP contribution in [0.1, 0.15) is 48.6 Å². The van der Waals surface area contributed by atoms with E-state index in [0.29, 0.717) is 22.3 Å². The van der Waals surface area contributed by atoms with Gasteiger partial charge in [0.05, 0.1) is 5.56 Å². The SMILES string of the molecule is CN1CCCN(c2ccc(C(=O)Nc3cc(C(=O)O)ccc3CC(=O)c3cccc(C(=N)N)c3)cc2)CC1. The molecule has 4 rings (SSSR count). The minimum Gasteiger partial charge on any atom is -0.478 e. The molecule has 3 aromatic carbocycles. The lowest BCUT2D eigenvalue weighted by Gasteiger charge is -2.23. The number of amides is 1. The number of carbonyl (C=O) groups is 3. The summed E-state index contributed by atoms with van der Waals surface area (Å²) >= 11 is 0. The number of carboxylic acids is 1. The summed E-state index contributed by atoms with van der Waals surface area (Å²) in [5, 5.41) is 19.9. The maximum Gasteiger partial charge on any atom is 0.335 e. The molecule has 1 aliphatic heterocycles. The first kappa shape index (κ1) is 26.6. The summed E-state index contributed by atoms with van der Waals surface area (Å²) in [4.78, 5) is 42.3. The quantitative estimate of drug-likeness (QED) is 0.205. The number of ketones is 1. The average Bonchev–Trinajstić information content (AvgIpc) is 3.14. The van der Waals surface area contributed by atoms with Crippen molar-refractivity contribution in [3.8, 4) is 0 Å². The minimum atomic E-state index is -1.14. The molecule has 0 unspecified atom stereocenters. The summed E-state index contributed by atoms with van der Waals surface area (Å²) < 4.78 is 0. The predicted octanol–water partition coefficient (Wildman–Crippen LogP) is 3.49. The average molecular weight is 514 g/mol. The first-order valence-corrected chi connectivity index (χ1v) is 12.4. The van der Waals surface area contributed by atoms with E-state index in [-0.39, 0.29) is 29.3 Å². The van der Waals surface area contributed by atoms with E-state index in [2.05, 4.69) is 22.2 Å². The zero-order chi connectivity index (χ0) is 27.2. The molecule has 1 amide bonds. The molecule has 9 heteroatoms. The summed E-state index contributed by atoms with van der Waals surface area (Å²) in [5.74, 6) is -1.94. The van der Waals surface area contributed by atoms with Crippen molar-refractivity contribution in [2.24, 2.45) is 5.73 Å². The van der Waals surface area contributed by atoms with Gasteiger partial charge in [-0.1, -0.05) is 24.3 Å². The molecule has 0 spiro atoms. The molecular weight excluding hydrogens is 482 g/mol. The molecule has 0 aliphatic carbocycles. The highest BCUT2D eigenvalue weighted by Gasteiger charge is 2.17. The summed E-state index contributed by atoms with van der Waals surface area (Å²) in [6.45, 7) is 3.89. The van der Waals surface area contributed by atoms with E-state index in [0.717, 1.165) is 38.3 Å². The van der Waals surface area contributed by atoms with Crippen LogP contribution in [0.5, 0.6) is 0 Å². The number of anilines is 2. The van der Waals surface area contributed by atoms with Crippen molar-refractivity contribution in [1.82, 2.24) is 4.90 Å². The lowest BCUT2D eigenvalue weighted by Crippen LogP contribution is -2.28. The first-order chi connectivity index (χ1) is 18.2. The van der Waals surface area contributed by atoms with Gasteiger partial charge in [0, 0.05) is 54.1 Å². The smallest absolute Gasteiger partial charge is 0.335 e. The van der Waals surface area contributed by atoms with Crippen LogP contribution in [-0.4, -0.2) is 66.7 Å². The van der Waals surface area contributed by atoms with E-state index in [1.165, 1.54) is 18.2 Å². The number of aromatic carboxylic acids is 1. The third kappa shape index (κ3) is 6.43. The van der Waals surface area contributed by atoms with Crippen LogP contribution in [0.4, 0.5) is 11.4 Å². The first-order valence-electron chi connectivity index (χ1n) is 12.4. The number of hydrogen-bond acceptors (Lipinski definition) is 6. The van der Waals surface area contributed by atoms with Crippen LogP contribution in [0.25, 0.3) is 0 Å². The number of amidine groups is 1. The third-order valence-corrected chi connectivity index (χ3v) is 6.67. The van der Waals surface area contributed by atoms with Gasteiger partial charge in [-0.3, -0.25) is 15.0 Å². The predicted molar refractivity (Wildman–Crippen MR) is 148 cm³/mol. The minimum absolute atomic E-state index is 0.00319. The molecule has 1 fully saturated rings. The lowest BCUT2D eigenvalue weighted by atomic mass is 9.98. The summed E-state index contributed by atoms with van der Waals surface area (Å²) in [5.41, 5.74) is 8.54.